The summed E-state index contributed by atoms with van der Waals surface area (Å²) in [4.78, 5) is 25.6. The lowest BCUT2D eigenvalue weighted by Crippen LogP contribution is -2.34. The van der Waals surface area contributed by atoms with Gasteiger partial charge in [-0.05, 0) is 56.4 Å². The lowest BCUT2D eigenvalue weighted by Gasteiger charge is -2.25. The first-order chi connectivity index (χ1) is 10.0. The van der Waals surface area contributed by atoms with E-state index in [4.69, 9.17) is 0 Å². The fourth-order valence-electron chi connectivity index (χ4n) is 2.60. The number of likely N-dealkylation sites (tertiary alicyclic amines) is 1. The molecule has 0 aliphatic carbocycles. The highest BCUT2D eigenvalue weighted by Crippen LogP contribution is 2.14. The van der Waals surface area contributed by atoms with Gasteiger partial charge in [-0.3, -0.25) is 9.59 Å². The smallest absolute Gasteiger partial charge is 0.248 e. The van der Waals surface area contributed by atoms with Gasteiger partial charge in [-0.1, -0.05) is 6.07 Å². The minimum absolute atomic E-state index is 0.0785. The van der Waals surface area contributed by atoms with Gasteiger partial charge >= 0.3 is 0 Å². The minimum atomic E-state index is -0.273. The third kappa shape index (κ3) is 4.74. The standard InChI is InChI=1S/C17H22N2O2/c1-13-10-14(2)12-15(11-13)18-16(20)6-7-17(21)19-8-4-3-5-9-19/h6-7,10-12H,3-5,8-9H2,1-2H3,(H,18,20)/b7-6-. The van der Waals surface area contributed by atoms with E-state index in [1.807, 2.05) is 32.0 Å². The molecule has 1 fully saturated rings. The first kappa shape index (κ1) is 15.3. The highest BCUT2D eigenvalue weighted by molar-refractivity contribution is 6.03. The Morgan fingerprint density at radius 3 is 2.24 bits per heavy atom. The maximum atomic E-state index is 11.9. The summed E-state index contributed by atoms with van der Waals surface area (Å²) >= 11 is 0. The first-order valence-electron chi connectivity index (χ1n) is 7.41. The molecule has 1 N–H and O–H groups in total. The number of hydrogen-bond donors (Lipinski definition) is 1. The second kappa shape index (κ2) is 7.07. The molecule has 0 unspecified atom stereocenters. The lowest BCUT2D eigenvalue weighted by molar-refractivity contribution is -0.127. The molecule has 0 spiro atoms. The summed E-state index contributed by atoms with van der Waals surface area (Å²) in [6.45, 7) is 5.56. The fourth-order valence-corrected chi connectivity index (χ4v) is 2.60. The average molecular weight is 286 g/mol. The molecule has 4 heteroatoms. The zero-order valence-corrected chi connectivity index (χ0v) is 12.7. The van der Waals surface area contributed by atoms with E-state index in [0.29, 0.717) is 0 Å². The first-order valence-corrected chi connectivity index (χ1v) is 7.41. The van der Waals surface area contributed by atoms with Crippen molar-refractivity contribution < 1.29 is 9.59 Å². The third-order valence-corrected chi connectivity index (χ3v) is 3.53. The molecule has 2 rings (SSSR count). The van der Waals surface area contributed by atoms with Crippen LogP contribution in [0.3, 0.4) is 0 Å². The molecule has 4 nitrogen and oxygen atoms in total. The summed E-state index contributed by atoms with van der Waals surface area (Å²) in [5.74, 6) is -0.351. The van der Waals surface area contributed by atoms with Crippen LogP contribution in [0.25, 0.3) is 0 Å². The van der Waals surface area contributed by atoms with Gasteiger partial charge in [-0.2, -0.15) is 0 Å². The van der Waals surface area contributed by atoms with Crippen molar-refractivity contribution in [2.24, 2.45) is 0 Å². The van der Waals surface area contributed by atoms with Crippen molar-refractivity contribution in [3.05, 3.63) is 41.5 Å². The van der Waals surface area contributed by atoms with E-state index in [0.717, 1.165) is 42.7 Å². The molecule has 1 aromatic rings. The van der Waals surface area contributed by atoms with Crippen LogP contribution < -0.4 is 5.32 Å². The van der Waals surface area contributed by atoms with Crippen molar-refractivity contribution in [2.75, 3.05) is 18.4 Å². The Labute approximate surface area is 125 Å². The zero-order valence-electron chi connectivity index (χ0n) is 12.7. The van der Waals surface area contributed by atoms with Crippen LogP contribution in [0.15, 0.2) is 30.4 Å². The normalized spacial score (nSPS) is 15.2. The minimum Gasteiger partial charge on any atom is -0.339 e. The SMILES string of the molecule is Cc1cc(C)cc(NC(=O)/C=C\C(=O)N2CCCCC2)c1. The van der Waals surface area contributed by atoms with Crippen molar-refractivity contribution >= 4 is 17.5 Å². The van der Waals surface area contributed by atoms with Crippen LogP contribution in [0.1, 0.15) is 30.4 Å². The molecule has 112 valence electrons. The van der Waals surface area contributed by atoms with Gasteiger partial charge in [0.15, 0.2) is 0 Å². The molecular formula is C17H22N2O2. The monoisotopic (exact) mass is 286 g/mol. The Morgan fingerprint density at radius 2 is 1.62 bits per heavy atom. The Bertz CT molecular complexity index is 538. The largest absolute Gasteiger partial charge is 0.339 e. The molecule has 2 amide bonds. The van der Waals surface area contributed by atoms with Gasteiger partial charge in [0.05, 0.1) is 0 Å². The Balaban J connectivity index is 1.91. The summed E-state index contributed by atoms with van der Waals surface area (Å²) in [6.07, 6.45) is 5.96. The van der Waals surface area contributed by atoms with Crippen molar-refractivity contribution in [2.45, 2.75) is 33.1 Å². The number of benzene rings is 1. The summed E-state index contributed by atoms with van der Waals surface area (Å²) < 4.78 is 0. The molecule has 0 bridgehead atoms. The van der Waals surface area contributed by atoms with Gasteiger partial charge in [0.2, 0.25) is 11.8 Å². The second-order valence-corrected chi connectivity index (χ2v) is 5.58. The molecular weight excluding hydrogens is 264 g/mol. The molecule has 21 heavy (non-hydrogen) atoms. The van der Waals surface area contributed by atoms with Gasteiger partial charge in [-0.25, -0.2) is 0 Å². The number of anilines is 1. The number of hydrogen-bond acceptors (Lipinski definition) is 2. The van der Waals surface area contributed by atoms with Crippen LogP contribution in [0.5, 0.6) is 0 Å². The molecule has 0 radical (unpaired) electrons. The maximum Gasteiger partial charge on any atom is 0.248 e. The van der Waals surface area contributed by atoms with Crippen molar-refractivity contribution in [3.63, 3.8) is 0 Å². The van der Waals surface area contributed by atoms with Gasteiger partial charge in [-0.15, -0.1) is 0 Å². The molecule has 1 aliphatic heterocycles. The Kier molecular flexibility index (Phi) is 5.14. The van der Waals surface area contributed by atoms with E-state index >= 15 is 0 Å². The van der Waals surface area contributed by atoms with E-state index in [1.54, 1.807) is 4.90 Å². The number of amides is 2. The quantitative estimate of drug-likeness (QED) is 0.869. The van der Waals surface area contributed by atoms with Crippen LogP contribution >= 0.6 is 0 Å². The lowest BCUT2D eigenvalue weighted by atomic mass is 10.1. The predicted octanol–water partition coefficient (Wildman–Crippen LogP) is 2.81. The summed E-state index contributed by atoms with van der Waals surface area (Å²) in [7, 11) is 0. The number of aryl methyl sites for hydroxylation is 2. The molecule has 1 aromatic carbocycles. The molecule has 1 saturated heterocycles. The molecule has 1 aliphatic rings. The van der Waals surface area contributed by atoms with E-state index < -0.39 is 0 Å². The number of piperidine rings is 1. The fraction of sp³-hybridized carbons (Fsp3) is 0.412. The number of rotatable bonds is 3. The molecule has 0 atom stereocenters. The number of carbonyl (C=O) groups excluding carboxylic acids is 2. The van der Waals surface area contributed by atoms with E-state index in [2.05, 4.69) is 5.32 Å². The van der Waals surface area contributed by atoms with Crippen molar-refractivity contribution in [3.8, 4) is 0 Å². The summed E-state index contributed by atoms with van der Waals surface area (Å²) in [5.41, 5.74) is 2.95. The van der Waals surface area contributed by atoms with Crippen LogP contribution in [0, 0.1) is 13.8 Å². The van der Waals surface area contributed by atoms with E-state index in [-0.39, 0.29) is 11.8 Å². The van der Waals surface area contributed by atoms with Crippen molar-refractivity contribution in [1.29, 1.82) is 0 Å². The third-order valence-electron chi connectivity index (χ3n) is 3.53. The van der Waals surface area contributed by atoms with Crippen LogP contribution in [0.4, 0.5) is 5.69 Å². The van der Waals surface area contributed by atoms with Crippen LogP contribution in [0.2, 0.25) is 0 Å². The highest BCUT2D eigenvalue weighted by Gasteiger charge is 2.14. The van der Waals surface area contributed by atoms with Gasteiger partial charge < -0.3 is 10.2 Å². The van der Waals surface area contributed by atoms with Crippen molar-refractivity contribution in [1.82, 2.24) is 4.90 Å². The van der Waals surface area contributed by atoms with E-state index in [1.165, 1.54) is 18.6 Å². The Hall–Kier alpha value is -2.10. The number of nitrogens with one attached hydrogen (secondary N) is 1. The summed E-state index contributed by atoms with van der Waals surface area (Å²) in [6, 6.07) is 5.86. The van der Waals surface area contributed by atoms with Crippen LogP contribution in [-0.2, 0) is 9.59 Å². The Morgan fingerprint density at radius 1 is 1.00 bits per heavy atom. The van der Waals surface area contributed by atoms with Crippen LogP contribution in [-0.4, -0.2) is 29.8 Å². The van der Waals surface area contributed by atoms with Gasteiger partial charge in [0.1, 0.15) is 0 Å². The predicted molar refractivity (Wildman–Crippen MR) is 84.1 cm³/mol. The molecule has 0 aromatic heterocycles. The summed E-state index contributed by atoms with van der Waals surface area (Å²) in [5, 5.41) is 2.79. The number of carbonyl (C=O) groups is 2. The van der Waals surface area contributed by atoms with E-state index in [9.17, 15) is 9.59 Å². The maximum absolute atomic E-state index is 11.9. The topological polar surface area (TPSA) is 49.4 Å². The average Bonchev–Trinajstić information content (AvgIpc) is 2.44. The molecule has 1 heterocycles. The number of nitrogens with zero attached hydrogens (tertiary/aromatic N) is 1. The van der Waals surface area contributed by atoms with Gasteiger partial charge in [0.25, 0.3) is 0 Å². The zero-order chi connectivity index (χ0) is 15.2. The second-order valence-electron chi connectivity index (χ2n) is 5.58. The molecule has 0 saturated carbocycles. The highest BCUT2D eigenvalue weighted by atomic mass is 16.2. The van der Waals surface area contributed by atoms with Gasteiger partial charge in [0, 0.05) is 30.9 Å².